The van der Waals surface area contributed by atoms with E-state index in [-0.39, 0.29) is 5.92 Å². The predicted molar refractivity (Wildman–Crippen MR) is 41.2 cm³/mol. The SMILES string of the molecule is CC1=C(C)C2COCC2C1=O. The van der Waals surface area contributed by atoms with Gasteiger partial charge in [-0.1, -0.05) is 5.57 Å². The highest BCUT2D eigenvalue weighted by Crippen LogP contribution is 2.37. The van der Waals surface area contributed by atoms with Crippen molar-refractivity contribution < 1.29 is 9.53 Å². The number of hydrogen-bond donors (Lipinski definition) is 0. The summed E-state index contributed by atoms with van der Waals surface area (Å²) in [6, 6.07) is 0. The molecule has 0 bridgehead atoms. The van der Waals surface area contributed by atoms with E-state index in [1.807, 2.05) is 13.8 Å². The van der Waals surface area contributed by atoms with Crippen molar-refractivity contribution in [3.05, 3.63) is 11.1 Å². The fourth-order valence-electron chi connectivity index (χ4n) is 1.99. The van der Waals surface area contributed by atoms with Gasteiger partial charge in [0.1, 0.15) is 0 Å². The molecule has 2 nitrogen and oxygen atoms in total. The van der Waals surface area contributed by atoms with Gasteiger partial charge in [0, 0.05) is 5.92 Å². The Balaban J connectivity index is 2.37. The zero-order valence-corrected chi connectivity index (χ0v) is 6.89. The summed E-state index contributed by atoms with van der Waals surface area (Å²) in [5.41, 5.74) is 2.22. The Labute approximate surface area is 66.2 Å². The van der Waals surface area contributed by atoms with Crippen LogP contribution >= 0.6 is 0 Å². The molecule has 0 N–H and O–H groups in total. The van der Waals surface area contributed by atoms with Crippen molar-refractivity contribution in [2.75, 3.05) is 13.2 Å². The minimum atomic E-state index is 0.162. The van der Waals surface area contributed by atoms with E-state index in [4.69, 9.17) is 4.74 Å². The molecule has 0 radical (unpaired) electrons. The van der Waals surface area contributed by atoms with Crippen molar-refractivity contribution in [2.45, 2.75) is 13.8 Å². The van der Waals surface area contributed by atoms with E-state index in [0.29, 0.717) is 18.3 Å². The second kappa shape index (κ2) is 2.18. The molecule has 1 aliphatic heterocycles. The molecule has 0 aromatic heterocycles. The summed E-state index contributed by atoms with van der Waals surface area (Å²) in [4.78, 5) is 11.5. The van der Waals surface area contributed by atoms with E-state index in [9.17, 15) is 4.79 Å². The molecule has 1 fully saturated rings. The Morgan fingerprint density at radius 3 is 2.55 bits per heavy atom. The van der Waals surface area contributed by atoms with Crippen molar-refractivity contribution in [3.63, 3.8) is 0 Å². The van der Waals surface area contributed by atoms with Crippen LogP contribution in [0.25, 0.3) is 0 Å². The predicted octanol–water partition coefficient (Wildman–Crippen LogP) is 1.17. The average Bonchev–Trinajstić information content (AvgIpc) is 2.53. The number of carbonyl (C=O) groups is 1. The molecule has 2 unspecified atom stereocenters. The minimum Gasteiger partial charge on any atom is -0.380 e. The van der Waals surface area contributed by atoms with Gasteiger partial charge in [-0.2, -0.15) is 0 Å². The van der Waals surface area contributed by atoms with Crippen molar-refractivity contribution in [2.24, 2.45) is 11.8 Å². The number of ketones is 1. The van der Waals surface area contributed by atoms with E-state index >= 15 is 0 Å². The largest absolute Gasteiger partial charge is 0.380 e. The molecule has 1 saturated heterocycles. The maximum absolute atomic E-state index is 11.5. The smallest absolute Gasteiger partial charge is 0.164 e. The Kier molecular flexibility index (Phi) is 1.39. The normalized spacial score (nSPS) is 36.7. The monoisotopic (exact) mass is 152 g/mol. The zero-order chi connectivity index (χ0) is 8.01. The number of fused-ring (bicyclic) bond motifs is 1. The second-order valence-corrected chi connectivity index (χ2v) is 3.42. The van der Waals surface area contributed by atoms with E-state index in [2.05, 4.69) is 0 Å². The summed E-state index contributed by atoms with van der Waals surface area (Å²) < 4.78 is 5.25. The first-order chi connectivity index (χ1) is 5.22. The Morgan fingerprint density at radius 1 is 1.27 bits per heavy atom. The number of rotatable bonds is 0. The van der Waals surface area contributed by atoms with E-state index in [1.54, 1.807) is 0 Å². The van der Waals surface area contributed by atoms with E-state index < -0.39 is 0 Å². The molecule has 11 heavy (non-hydrogen) atoms. The standard InChI is InChI=1S/C9H12O2/c1-5-6(2)9(10)8-4-11-3-7(5)8/h7-8H,3-4H2,1-2H3. The van der Waals surface area contributed by atoms with E-state index in [1.165, 1.54) is 5.57 Å². The Bertz CT molecular complexity index is 240. The number of Topliss-reactive ketones (excluding diaryl/α,β-unsaturated/α-hetero) is 1. The quantitative estimate of drug-likeness (QED) is 0.520. The third-order valence-electron chi connectivity index (χ3n) is 2.93. The van der Waals surface area contributed by atoms with Crippen LogP contribution in [0.15, 0.2) is 11.1 Å². The lowest BCUT2D eigenvalue weighted by Gasteiger charge is -2.04. The molecule has 2 rings (SSSR count). The van der Waals surface area contributed by atoms with Gasteiger partial charge in [0.2, 0.25) is 0 Å². The molecule has 0 aromatic carbocycles. The molecule has 1 aliphatic carbocycles. The molecule has 2 atom stereocenters. The van der Waals surface area contributed by atoms with Gasteiger partial charge >= 0.3 is 0 Å². The third-order valence-corrected chi connectivity index (χ3v) is 2.93. The third kappa shape index (κ3) is 0.791. The van der Waals surface area contributed by atoms with Crippen LogP contribution in [-0.2, 0) is 9.53 Å². The highest BCUT2D eigenvalue weighted by atomic mass is 16.5. The van der Waals surface area contributed by atoms with Gasteiger partial charge in [0.05, 0.1) is 19.1 Å². The van der Waals surface area contributed by atoms with Crippen LogP contribution in [0.5, 0.6) is 0 Å². The highest BCUT2D eigenvalue weighted by molar-refractivity contribution is 6.00. The molecular formula is C9H12O2. The zero-order valence-electron chi connectivity index (χ0n) is 6.89. The Morgan fingerprint density at radius 2 is 1.91 bits per heavy atom. The van der Waals surface area contributed by atoms with Gasteiger partial charge in [-0.05, 0) is 19.4 Å². The Hall–Kier alpha value is -0.630. The second-order valence-electron chi connectivity index (χ2n) is 3.42. The highest BCUT2D eigenvalue weighted by Gasteiger charge is 2.41. The number of carbonyl (C=O) groups excluding carboxylic acids is 1. The molecule has 2 heteroatoms. The lowest BCUT2D eigenvalue weighted by molar-refractivity contribution is -0.118. The van der Waals surface area contributed by atoms with Crippen molar-refractivity contribution in [1.29, 1.82) is 0 Å². The summed E-state index contributed by atoms with van der Waals surface area (Å²) in [7, 11) is 0. The van der Waals surface area contributed by atoms with Gasteiger partial charge < -0.3 is 4.74 Å². The molecule has 2 aliphatic rings. The summed E-state index contributed by atoms with van der Waals surface area (Å²) in [5.74, 6) is 0.877. The number of ether oxygens (including phenoxy) is 1. The first-order valence-electron chi connectivity index (χ1n) is 4.01. The summed E-state index contributed by atoms with van der Waals surface area (Å²) in [5, 5.41) is 0. The summed E-state index contributed by atoms with van der Waals surface area (Å²) in [6.07, 6.45) is 0. The van der Waals surface area contributed by atoms with Crippen molar-refractivity contribution in [3.8, 4) is 0 Å². The van der Waals surface area contributed by atoms with Gasteiger partial charge in [-0.25, -0.2) is 0 Å². The van der Waals surface area contributed by atoms with Crippen LogP contribution < -0.4 is 0 Å². The first-order valence-corrected chi connectivity index (χ1v) is 4.01. The van der Waals surface area contributed by atoms with Gasteiger partial charge in [0.25, 0.3) is 0 Å². The van der Waals surface area contributed by atoms with Crippen molar-refractivity contribution >= 4 is 5.78 Å². The fraction of sp³-hybridized carbons (Fsp3) is 0.667. The molecular weight excluding hydrogens is 140 g/mol. The number of allylic oxidation sites excluding steroid dienone is 1. The number of hydrogen-bond acceptors (Lipinski definition) is 2. The molecule has 0 saturated carbocycles. The molecule has 0 amide bonds. The molecule has 60 valence electrons. The topological polar surface area (TPSA) is 26.3 Å². The van der Waals surface area contributed by atoms with Crippen molar-refractivity contribution in [1.82, 2.24) is 0 Å². The van der Waals surface area contributed by atoms with Gasteiger partial charge in [-0.15, -0.1) is 0 Å². The van der Waals surface area contributed by atoms with Gasteiger partial charge in [-0.3, -0.25) is 4.79 Å². The first kappa shape index (κ1) is 7.04. The molecule has 1 heterocycles. The minimum absolute atomic E-state index is 0.162. The lowest BCUT2D eigenvalue weighted by Crippen LogP contribution is -2.15. The maximum Gasteiger partial charge on any atom is 0.164 e. The molecule has 0 spiro atoms. The van der Waals surface area contributed by atoms with Crippen LogP contribution in [0.3, 0.4) is 0 Å². The maximum atomic E-state index is 11.5. The summed E-state index contributed by atoms with van der Waals surface area (Å²) >= 11 is 0. The summed E-state index contributed by atoms with van der Waals surface area (Å²) in [6.45, 7) is 5.36. The fourth-order valence-corrected chi connectivity index (χ4v) is 1.99. The van der Waals surface area contributed by atoms with Crippen LogP contribution in [0.4, 0.5) is 0 Å². The van der Waals surface area contributed by atoms with Gasteiger partial charge in [0.15, 0.2) is 5.78 Å². The van der Waals surface area contributed by atoms with E-state index in [0.717, 1.165) is 12.2 Å². The van der Waals surface area contributed by atoms with Crippen LogP contribution in [0.2, 0.25) is 0 Å². The van der Waals surface area contributed by atoms with Crippen LogP contribution in [-0.4, -0.2) is 19.0 Å². The average molecular weight is 152 g/mol. The van der Waals surface area contributed by atoms with Crippen LogP contribution in [0, 0.1) is 11.8 Å². The lowest BCUT2D eigenvalue weighted by atomic mass is 9.95. The molecule has 0 aromatic rings. The van der Waals surface area contributed by atoms with Crippen LogP contribution in [0.1, 0.15) is 13.8 Å².